The van der Waals surface area contributed by atoms with Crippen molar-refractivity contribution in [2.45, 2.75) is 83.5 Å². The molecule has 7 heteroatoms. The van der Waals surface area contributed by atoms with E-state index in [0.29, 0.717) is 31.6 Å². The van der Waals surface area contributed by atoms with Crippen LogP contribution in [0.25, 0.3) is 0 Å². The Morgan fingerprint density at radius 1 is 0.767 bits per heavy atom. The lowest BCUT2D eigenvalue weighted by atomic mass is 10.0. The zero-order chi connectivity index (χ0) is 22.2. The summed E-state index contributed by atoms with van der Waals surface area (Å²) >= 11 is 0. The fourth-order valence-electron chi connectivity index (χ4n) is 3.42. The van der Waals surface area contributed by atoms with Crippen molar-refractivity contribution in [3.63, 3.8) is 0 Å². The summed E-state index contributed by atoms with van der Waals surface area (Å²) in [7, 11) is 0. The molecule has 0 aliphatic heterocycles. The van der Waals surface area contributed by atoms with Crippen LogP contribution in [0.2, 0.25) is 0 Å². The minimum Gasteiger partial charge on any atom is -0.508 e. The Bertz CT molecular complexity index is 646. The highest BCUT2D eigenvalue weighted by molar-refractivity contribution is 5.92. The Morgan fingerprint density at radius 2 is 1.23 bits per heavy atom. The topological polar surface area (TPSA) is 134 Å². The average Bonchev–Trinajstić information content (AvgIpc) is 2.70. The summed E-state index contributed by atoms with van der Waals surface area (Å²) in [6.45, 7) is 0.619. The number of nitrogens with zero attached hydrogens (tertiary/aromatic N) is 1. The highest BCUT2D eigenvalue weighted by Gasteiger charge is 2.09. The molecule has 0 atom stereocenters. The quantitative estimate of drug-likeness (QED) is 0.171. The number of nitrogens with one attached hydrogen (secondary N) is 1. The summed E-state index contributed by atoms with van der Waals surface area (Å²) in [6, 6.07) is 6.63. The lowest BCUT2D eigenvalue weighted by Gasteiger charge is -2.22. The first kappa shape index (κ1) is 25.5. The number of phenolic OH excluding ortho intramolecular Hbond substituents is 1. The first-order chi connectivity index (χ1) is 14.4. The highest BCUT2D eigenvalue weighted by Crippen LogP contribution is 2.19. The van der Waals surface area contributed by atoms with Crippen LogP contribution < -0.4 is 16.4 Å². The van der Waals surface area contributed by atoms with Gasteiger partial charge in [-0.25, -0.2) is 0 Å². The number of hydrogen-bond donors (Lipinski definition) is 4. The number of Topliss-reactive ketones (excluding diaryl/α,β-unsaturated/α-hetero) is 1. The molecule has 0 bridgehead atoms. The smallest absolute Gasteiger partial charge is 0.217 e. The van der Waals surface area contributed by atoms with E-state index in [0.717, 1.165) is 69.9 Å². The summed E-state index contributed by atoms with van der Waals surface area (Å²) in [6.07, 6.45) is 11.8. The molecular weight excluding hydrogens is 380 g/mol. The predicted octanol–water partition coefficient (Wildman–Crippen LogP) is 4.22. The van der Waals surface area contributed by atoms with Crippen molar-refractivity contribution in [2.75, 3.05) is 11.4 Å². The van der Waals surface area contributed by atoms with Gasteiger partial charge in [0.2, 0.25) is 5.91 Å². The second kappa shape index (κ2) is 15.3. The van der Waals surface area contributed by atoms with E-state index in [4.69, 9.17) is 16.9 Å². The Balaban J connectivity index is 2.04. The summed E-state index contributed by atoms with van der Waals surface area (Å²) in [5.41, 5.74) is 11.6. The molecule has 7 nitrogen and oxygen atoms in total. The van der Waals surface area contributed by atoms with Crippen molar-refractivity contribution in [2.24, 2.45) is 11.5 Å². The molecule has 0 aliphatic carbocycles. The van der Waals surface area contributed by atoms with Crippen LogP contribution >= 0.6 is 0 Å². The molecule has 0 radical (unpaired) electrons. The van der Waals surface area contributed by atoms with Crippen LogP contribution in [-0.4, -0.2) is 29.3 Å². The van der Waals surface area contributed by atoms with Gasteiger partial charge < -0.3 is 21.5 Å². The van der Waals surface area contributed by atoms with Crippen molar-refractivity contribution >= 4 is 23.3 Å². The van der Waals surface area contributed by atoms with Crippen molar-refractivity contribution in [1.29, 1.82) is 5.41 Å². The van der Waals surface area contributed by atoms with E-state index in [2.05, 4.69) is 0 Å². The van der Waals surface area contributed by atoms with Crippen LogP contribution in [0.1, 0.15) is 83.5 Å². The maximum atomic E-state index is 12.0. The van der Waals surface area contributed by atoms with Crippen molar-refractivity contribution in [1.82, 2.24) is 0 Å². The predicted molar refractivity (Wildman–Crippen MR) is 122 cm³/mol. The number of rotatable bonds is 17. The molecule has 168 valence electrons. The maximum absolute atomic E-state index is 12.0. The molecule has 0 saturated heterocycles. The number of carbonyl (C=O) groups excluding carboxylic acids is 2. The van der Waals surface area contributed by atoms with Crippen LogP contribution in [0.5, 0.6) is 5.75 Å². The summed E-state index contributed by atoms with van der Waals surface area (Å²) < 4.78 is 0. The Morgan fingerprint density at radius 3 is 1.73 bits per heavy atom. The van der Waals surface area contributed by atoms with Crippen LogP contribution in [-0.2, 0) is 9.59 Å². The SMILES string of the molecule is N=C(N)N(CCCCCC(=O)CCCCCCCCCC(N)=O)c1ccc(O)cc1. The van der Waals surface area contributed by atoms with Crippen molar-refractivity contribution in [3.8, 4) is 5.75 Å². The van der Waals surface area contributed by atoms with E-state index in [9.17, 15) is 14.7 Å². The number of phenols is 1. The fraction of sp³-hybridized carbons (Fsp3) is 0.609. The van der Waals surface area contributed by atoms with E-state index < -0.39 is 0 Å². The Hall–Kier alpha value is -2.57. The number of aromatic hydroxyl groups is 1. The van der Waals surface area contributed by atoms with Gasteiger partial charge in [0.25, 0.3) is 0 Å². The zero-order valence-corrected chi connectivity index (χ0v) is 18.1. The zero-order valence-electron chi connectivity index (χ0n) is 18.1. The van der Waals surface area contributed by atoms with Crippen LogP contribution in [0.3, 0.4) is 0 Å². The number of nitrogens with two attached hydrogens (primary N) is 2. The molecule has 0 aliphatic rings. The largest absolute Gasteiger partial charge is 0.508 e. The third-order valence-corrected chi connectivity index (χ3v) is 5.17. The minimum atomic E-state index is -0.220. The van der Waals surface area contributed by atoms with Gasteiger partial charge >= 0.3 is 0 Å². The number of primary amides is 1. The van der Waals surface area contributed by atoms with Gasteiger partial charge in [0.1, 0.15) is 11.5 Å². The number of anilines is 1. The van der Waals surface area contributed by atoms with Gasteiger partial charge in [-0.05, 0) is 49.9 Å². The molecule has 0 unspecified atom stereocenters. The molecule has 0 saturated carbocycles. The van der Waals surface area contributed by atoms with Crippen LogP contribution in [0, 0.1) is 5.41 Å². The fourth-order valence-corrected chi connectivity index (χ4v) is 3.42. The number of carbonyl (C=O) groups is 2. The van der Waals surface area contributed by atoms with E-state index >= 15 is 0 Å². The van der Waals surface area contributed by atoms with Gasteiger partial charge in [0.05, 0.1) is 0 Å². The van der Waals surface area contributed by atoms with Crippen molar-refractivity contribution < 1.29 is 14.7 Å². The number of guanidine groups is 1. The highest BCUT2D eigenvalue weighted by atomic mass is 16.3. The first-order valence-corrected chi connectivity index (χ1v) is 11.1. The van der Waals surface area contributed by atoms with E-state index in [-0.39, 0.29) is 17.6 Å². The van der Waals surface area contributed by atoms with Gasteiger partial charge in [0.15, 0.2) is 5.96 Å². The number of benzene rings is 1. The second-order valence-corrected chi connectivity index (χ2v) is 7.84. The number of amides is 1. The molecule has 0 spiro atoms. The Labute approximate surface area is 180 Å². The van der Waals surface area contributed by atoms with Gasteiger partial charge in [-0.15, -0.1) is 0 Å². The first-order valence-electron chi connectivity index (χ1n) is 11.1. The molecule has 1 aromatic carbocycles. The van der Waals surface area contributed by atoms with Gasteiger partial charge in [-0.3, -0.25) is 15.0 Å². The maximum Gasteiger partial charge on any atom is 0.217 e. The number of unbranched alkanes of at least 4 members (excludes halogenated alkanes) is 8. The van der Waals surface area contributed by atoms with Crippen molar-refractivity contribution in [3.05, 3.63) is 24.3 Å². The third-order valence-electron chi connectivity index (χ3n) is 5.17. The third kappa shape index (κ3) is 12.1. The second-order valence-electron chi connectivity index (χ2n) is 7.84. The Kier molecular flexibility index (Phi) is 13.0. The lowest BCUT2D eigenvalue weighted by molar-refractivity contribution is -0.119. The molecular formula is C23H38N4O3. The molecule has 0 aromatic heterocycles. The number of hydrogen-bond acceptors (Lipinski definition) is 4. The summed E-state index contributed by atoms with van der Waals surface area (Å²) in [5.74, 6) is 0.269. The molecule has 1 rings (SSSR count). The molecule has 0 heterocycles. The molecule has 1 aromatic rings. The number of ketones is 1. The lowest BCUT2D eigenvalue weighted by Crippen LogP contribution is -2.37. The summed E-state index contributed by atoms with van der Waals surface area (Å²) in [5, 5.41) is 17.1. The van der Waals surface area contributed by atoms with Gasteiger partial charge in [-0.2, -0.15) is 0 Å². The minimum absolute atomic E-state index is 0.0235. The van der Waals surface area contributed by atoms with Gasteiger partial charge in [0, 0.05) is 31.5 Å². The van der Waals surface area contributed by atoms with E-state index in [1.807, 2.05) is 0 Å². The standard InChI is InChI=1S/C23H38N4O3/c24-22(30)13-9-5-3-1-2-4-7-11-20(28)12-8-6-10-18-27(23(25)26)19-14-16-21(29)17-15-19/h14-17,29H,1-13,18H2,(H2,24,30)(H3,25,26). The van der Waals surface area contributed by atoms with Gasteiger partial charge in [-0.1, -0.05) is 38.5 Å². The molecule has 0 fully saturated rings. The molecule has 6 N–H and O–H groups in total. The van der Waals surface area contributed by atoms with E-state index in [1.165, 1.54) is 0 Å². The average molecular weight is 419 g/mol. The molecule has 1 amide bonds. The van der Waals surface area contributed by atoms with Crippen LogP contribution in [0.4, 0.5) is 5.69 Å². The normalized spacial score (nSPS) is 10.7. The monoisotopic (exact) mass is 418 g/mol. The van der Waals surface area contributed by atoms with E-state index in [1.54, 1.807) is 29.2 Å². The summed E-state index contributed by atoms with van der Waals surface area (Å²) in [4.78, 5) is 24.4. The van der Waals surface area contributed by atoms with Crippen LogP contribution in [0.15, 0.2) is 24.3 Å². The molecule has 30 heavy (non-hydrogen) atoms.